The molecular weight excluding hydrogens is 344 g/mol. The third kappa shape index (κ3) is 3.08. The van der Waals surface area contributed by atoms with E-state index in [9.17, 15) is 5.11 Å². The Kier molecular flexibility index (Phi) is 4.91. The van der Waals surface area contributed by atoms with Gasteiger partial charge in [-0.25, -0.2) is 0 Å². The molecule has 0 aliphatic rings. The molecule has 0 aliphatic carbocycles. The van der Waals surface area contributed by atoms with Crippen LogP contribution in [-0.2, 0) is 0 Å². The summed E-state index contributed by atoms with van der Waals surface area (Å²) in [7, 11) is 3.14. The molecule has 106 valence electrons. The minimum atomic E-state index is -0.801. The fourth-order valence-electron chi connectivity index (χ4n) is 1.91. The number of hydrogen-bond donors (Lipinski definition) is 1. The molecule has 0 heterocycles. The summed E-state index contributed by atoms with van der Waals surface area (Å²) in [6.07, 6.45) is -0.801. The number of hydrogen-bond acceptors (Lipinski definition) is 3. The van der Waals surface area contributed by atoms with E-state index in [0.29, 0.717) is 22.1 Å². The fraction of sp³-hybridized carbons (Fsp3) is 0.200. The van der Waals surface area contributed by atoms with Gasteiger partial charge in [0.2, 0.25) is 0 Å². The van der Waals surface area contributed by atoms with Crippen molar-refractivity contribution < 1.29 is 14.6 Å². The molecule has 0 aliphatic heterocycles. The third-order valence-corrected chi connectivity index (χ3v) is 4.21. The Morgan fingerprint density at radius 1 is 1.10 bits per heavy atom. The lowest BCUT2D eigenvalue weighted by Crippen LogP contribution is -2.03. The van der Waals surface area contributed by atoms with Gasteiger partial charge in [-0.15, -0.1) is 0 Å². The van der Waals surface area contributed by atoms with E-state index in [1.807, 2.05) is 0 Å². The predicted molar refractivity (Wildman–Crippen MR) is 82.8 cm³/mol. The van der Waals surface area contributed by atoms with Gasteiger partial charge in [0.1, 0.15) is 17.6 Å². The number of rotatable bonds is 4. The number of methoxy groups -OCH3 is 2. The first-order valence-electron chi connectivity index (χ1n) is 5.91. The molecule has 0 radical (unpaired) electrons. The van der Waals surface area contributed by atoms with E-state index >= 15 is 0 Å². The van der Waals surface area contributed by atoms with Crippen molar-refractivity contribution in [3.05, 3.63) is 57.0 Å². The van der Waals surface area contributed by atoms with Crippen LogP contribution < -0.4 is 9.47 Å². The second-order valence-corrected chi connectivity index (χ2v) is 5.45. The SMILES string of the molecule is COc1ccc(C(O)c2ccc(Cl)c(Br)c2)c(OC)c1. The molecule has 0 saturated carbocycles. The van der Waals surface area contributed by atoms with Crippen molar-refractivity contribution >= 4 is 27.5 Å². The van der Waals surface area contributed by atoms with Gasteiger partial charge in [0.05, 0.1) is 19.2 Å². The lowest BCUT2D eigenvalue weighted by molar-refractivity contribution is 0.214. The third-order valence-electron chi connectivity index (χ3n) is 2.99. The molecule has 1 N–H and O–H groups in total. The molecule has 0 amide bonds. The maximum absolute atomic E-state index is 10.5. The van der Waals surface area contributed by atoms with Gasteiger partial charge in [0.25, 0.3) is 0 Å². The zero-order valence-electron chi connectivity index (χ0n) is 11.1. The quantitative estimate of drug-likeness (QED) is 0.891. The molecule has 20 heavy (non-hydrogen) atoms. The molecule has 2 aromatic carbocycles. The standard InChI is InChI=1S/C15H14BrClO3/c1-19-10-4-5-11(14(8-10)20-2)15(18)9-3-6-13(17)12(16)7-9/h3-8,15,18H,1-2H3. The highest BCUT2D eigenvalue weighted by molar-refractivity contribution is 9.10. The highest BCUT2D eigenvalue weighted by Gasteiger charge is 2.17. The van der Waals surface area contributed by atoms with Crippen molar-refractivity contribution in [2.24, 2.45) is 0 Å². The zero-order valence-corrected chi connectivity index (χ0v) is 13.4. The molecule has 2 aromatic rings. The molecule has 0 spiro atoms. The average molecular weight is 358 g/mol. The lowest BCUT2D eigenvalue weighted by Gasteiger charge is -2.16. The zero-order chi connectivity index (χ0) is 14.7. The van der Waals surface area contributed by atoms with Gasteiger partial charge >= 0.3 is 0 Å². The second-order valence-electron chi connectivity index (χ2n) is 4.18. The van der Waals surface area contributed by atoms with Crippen molar-refractivity contribution in [3.8, 4) is 11.5 Å². The van der Waals surface area contributed by atoms with Crippen molar-refractivity contribution in [2.75, 3.05) is 14.2 Å². The molecule has 2 rings (SSSR count). The van der Waals surface area contributed by atoms with E-state index < -0.39 is 6.10 Å². The molecule has 5 heteroatoms. The highest BCUT2D eigenvalue weighted by atomic mass is 79.9. The van der Waals surface area contributed by atoms with Gasteiger partial charge < -0.3 is 14.6 Å². The van der Waals surface area contributed by atoms with Crippen LogP contribution in [0.2, 0.25) is 5.02 Å². The minimum absolute atomic E-state index is 0.572. The summed E-state index contributed by atoms with van der Waals surface area (Å²) in [5, 5.41) is 11.1. The van der Waals surface area contributed by atoms with Crippen LogP contribution in [0.25, 0.3) is 0 Å². The molecule has 0 saturated heterocycles. The van der Waals surface area contributed by atoms with Crippen molar-refractivity contribution in [1.29, 1.82) is 0 Å². The normalized spacial score (nSPS) is 12.1. The number of aliphatic hydroxyl groups excluding tert-OH is 1. The number of aliphatic hydroxyl groups is 1. The van der Waals surface area contributed by atoms with E-state index in [1.165, 1.54) is 0 Å². The molecule has 1 atom stereocenters. The maximum Gasteiger partial charge on any atom is 0.128 e. The lowest BCUT2D eigenvalue weighted by atomic mass is 10.0. The van der Waals surface area contributed by atoms with Crippen LogP contribution in [0.4, 0.5) is 0 Å². The summed E-state index contributed by atoms with van der Waals surface area (Å²) in [5.74, 6) is 1.25. The van der Waals surface area contributed by atoms with E-state index in [4.69, 9.17) is 21.1 Å². The van der Waals surface area contributed by atoms with Crippen LogP contribution in [0.1, 0.15) is 17.2 Å². The van der Waals surface area contributed by atoms with Crippen LogP contribution in [0.5, 0.6) is 11.5 Å². The molecule has 0 bridgehead atoms. The first-order chi connectivity index (χ1) is 9.56. The van der Waals surface area contributed by atoms with Gasteiger partial charge in [0.15, 0.2) is 0 Å². The highest BCUT2D eigenvalue weighted by Crippen LogP contribution is 2.35. The molecule has 0 fully saturated rings. The first kappa shape index (κ1) is 15.2. The minimum Gasteiger partial charge on any atom is -0.497 e. The summed E-state index contributed by atoms with van der Waals surface area (Å²) in [4.78, 5) is 0. The Morgan fingerprint density at radius 2 is 1.85 bits per heavy atom. The number of benzene rings is 2. The Labute approximate surface area is 131 Å². The summed E-state index contributed by atoms with van der Waals surface area (Å²) in [6.45, 7) is 0. The Bertz CT molecular complexity index is 616. The van der Waals surface area contributed by atoms with E-state index in [0.717, 1.165) is 10.0 Å². The first-order valence-corrected chi connectivity index (χ1v) is 7.09. The topological polar surface area (TPSA) is 38.7 Å². The largest absolute Gasteiger partial charge is 0.497 e. The molecular formula is C15H14BrClO3. The Morgan fingerprint density at radius 3 is 2.45 bits per heavy atom. The molecule has 3 nitrogen and oxygen atoms in total. The van der Waals surface area contributed by atoms with Crippen LogP contribution in [0.3, 0.4) is 0 Å². The van der Waals surface area contributed by atoms with Crippen molar-refractivity contribution in [3.63, 3.8) is 0 Å². The van der Waals surface area contributed by atoms with Gasteiger partial charge in [-0.1, -0.05) is 17.7 Å². The van der Waals surface area contributed by atoms with E-state index in [2.05, 4.69) is 15.9 Å². The Hall–Kier alpha value is -1.23. The van der Waals surface area contributed by atoms with Crippen molar-refractivity contribution in [1.82, 2.24) is 0 Å². The second kappa shape index (κ2) is 6.48. The number of halogens is 2. The van der Waals surface area contributed by atoms with E-state index in [-0.39, 0.29) is 0 Å². The van der Waals surface area contributed by atoms with Crippen LogP contribution in [0, 0.1) is 0 Å². The average Bonchev–Trinajstić information content (AvgIpc) is 2.48. The maximum atomic E-state index is 10.5. The van der Waals surface area contributed by atoms with Crippen molar-refractivity contribution in [2.45, 2.75) is 6.10 Å². The summed E-state index contributed by atoms with van der Waals surface area (Å²) in [6, 6.07) is 10.6. The van der Waals surface area contributed by atoms with Gasteiger partial charge in [-0.3, -0.25) is 0 Å². The van der Waals surface area contributed by atoms with Gasteiger partial charge in [-0.2, -0.15) is 0 Å². The molecule has 0 aromatic heterocycles. The van der Waals surface area contributed by atoms with E-state index in [1.54, 1.807) is 50.6 Å². The van der Waals surface area contributed by atoms with Crippen LogP contribution in [0.15, 0.2) is 40.9 Å². The summed E-state index contributed by atoms with van der Waals surface area (Å²) < 4.78 is 11.2. The smallest absolute Gasteiger partial charge is 0.128 e. The Balaban J connectivity index is 2.41. The van der Waals surface area contributed by atoms with Gasteiger partial charge in [-0.05, 0) is 45.8 Å². The predicted octanol–water partition coefficient (Wildman–Crippen LogP) is 4.20. The number of ether oxygens (including phenoxy) is 2. The fourth-order valence-corrected chi connectivity index (χ4v) is 2.42. The molecule has 1 unspecified atom stereocenters. The van der Waals surface area contributed by atoms with Crippen LogP contribution >= 0.6 is 27.5 Å². The summed E-state index contributed by atoms with van der Waals surface area (Å²) in [5.41, 5.74) is 1.40. The van der Waals surface area contributed by atoms with Crippen LogP contribution in [-0.4, -0.2) is 19.3 Å². The monoisotopic (exact) mass is 356 g/mol. The summed E-state index contributed by atoms with van der Waals surface area (Å²) >= 11 is 9.31. The van der Waals surface area contributed by atoms with Gasteiger partial charge in [0, 0.05) is 16.1 Å².